The van der Waals surface area contributed by atoms with Crippen LogP contribution in [0.15, 0.2) is 54.7 Å². The molecule has 0 bridgehead atoms. The van der Waals surface area contributed by atoms with Crippen molar-refractivity contribution in [1.29, 1.82) is 0 Å². The molecule has 28 heavy (non-hydrogen) atoms. The first-order valence-electron chi connectivity index (χ1n) is 9.80. The van der Waals surface area contributed by atoms with Gasteiger partial charge in [-0.25, -0.2) is 0 Å². The van der Waals surface area contributed by atoms with Crippen molar-refractivity contribution in [1.82, 2.24) is 9.88 Å². The molecule has 1 aliphatic heterocycles. The molecular weight excluding hydrogens is 350 g/mol. The summed E-state index contributed by atoms with van der Waals surface area (Å²) in [6, 6.07) is 15.8. The number of benzene rings is 2. The maximum Gasteiger partial charge on any atom is 0.227 e. The highest BCUT2D eigenvalue weighted by Gasteiger charge is 2.27. The van der Waals surface area contributed by atoms with Gasteiger partial charge in [-0.2, -0.15) is 0 Å². The second-order valence-corrected chi connectivity index (χ2v) is 7.55. The summed E-state index contributed by atoms with van der Waals surface area (Å²) in [6.07, 6.45) is 3.73. The number of aromatic nitrogens is 1. The molecule has 144 valence electrons. The van der Waals surface area contributed by atoms with E-state index in [1.165, 1.54) is 5.56 Å². The largest absolute Gasteiger partial charge is 0.361 e. The van der Waals surface area contributed by atoms with Gasteiger partial charge in [-0.05, 0) is 43.5 Å². The summed E-state index contributed by atoms with van der Waals surface area (Å²) < 4.78 is 0. The van der Waals surface area contributed by atoms with Gasteiger partial charge in [0.05, 0.1) is 6.42 Å². The third-order valence-corrected chi connectivity index (χ3v) is 5.55. The maximum absolute atomic E-state index is 12.7. The minimum atomic E-state index is -0.0431. The van der Waals surface area contributed by atoms with Gasteiger partial charge in [0.1, 0.15) is 0 Å². The van der Waals surface area contributed by atoms with E-state index in [0.717, 1.165) is 22.2 Å². The predicted octanol–water partition coefficient (Wildman–Crippen LogP) is 3.90. The van der Waals surface area contributed by atoms with Crippen molar-refractivity contribution in [2.75, 3.05) is 18.4 Å². The van der Waals surface area contributed by atoms with E-state index in [1.807, 2.05) is 66.6 Å². The van der Waals surface area contributed by atoms with Crippen LogP contribution in [0.2, 0.25) is 0 Å². The number of anilines is 1. The zero-order chi connectivity index (χ0) is 19.5. The first-order valence-corrected chi connectivity index (χ1v) is 9.80. The molecule has 2 N–H and O–H groups in total. The van der Waals surface area contributed by atoms with E-state index < -0.39 is 0 Å². The molecule has 4 rings (SSSR count). The van der Waals surface area contributed by atoms with Gasteiger partial charge in [-0.1, -0.05) is 35.9 Å². The van der Waals surface area contributed by atoms with Gasteiger partial charge in [-0.15, -0.1) is 0 Å². The second-order valence-electron chi connectivity index (χ2n) is 7.55. The maximum atomic E-state index is 12.7. The monoisotopic (exact) mass is 375 g/mol. The lowest BCUT2D eigenvalue weighted by molar-refractivity contribution is -0.133. The minimum Gasteiger partial charge on any atom is -0.361 e. The third kappa shape index (κ3) is 3.93. The number of hydrogen-bond donors (Lipinski definition) is 2. The summed E-state index contributed by atoms with van der Waals surface area (Å²) in [4.78, 5) is 30.3. The molecule has 0 saturated carbocycles. The Hall–Kier alpha value is -3.08. The van der Waals surface area contributed by atoms with Crippen LogP contribution in [-0.4, -0.2) is 34.8 Å². The minimum absolute atomic E-state index is 0.0431. The lowest BCUT2D eigenvalue weighted by Crippen LogP contribution is -2.42. The van der Waals surface area contributed by atoms with Crippen LogP contribution in [0.25, 0.3) is 10.9 Å². The number of H-pyrrole nitrogens is 1. The fraction of sp³-hybridized carbons (Fsp3) is 0.304. The predicted molar refractivity (Wildman–Crippen MR) is 111 cm³/mol. The SMILES string of the molecule is Cc1ccc(NC(=O)C2CCN(C(=O)Cc3c[nH]c4ccccc34)CC2)cc1. The summed E-state index contributed by atoms with van der Waals surface area (Å²) >= 11 is 0. The van der Waals surface area contributed by atoms with Crippen molar-refractivity contribution in [2.24, 2.45) is 5.92 Å². The van der Waals surface area contributed by atoms with E-state index in [0.29, 0.717) is 32.4 Å². The molecule has 0 atom stereocenters. The molecule has 1 aliphatic rings. The quantitative estimate of drug-likeness (QED) is 0.726. The molecule has 2 amide bonds. The molecule has 5 nitrogen and oxygen atoms in total. The van der Waals surface area contributed by atoms with Crippen LogP contribution in [0.1, 0.15) is 24.0 Å². The smallest absolute Gasteiger partial charge is 0.227 e. The summed E-state index contributed by atoms with van der Waals surface area (Å²) in [7, 11) is 0. The van der Waals surface area contributed by atoms with Crippen LogP contribution in [0.5, 0.6) is 0 Å². The van der Waals surface area contributed by atoms with Crippen LogP contribution >= 0.6 is 0 Å². The number of nitrogens with one attached hydrogen (secondary N) is 2. The summed E-state index contributed by atoms with van der Waals surface area (Å²) in [5.74, 6) is 0.133. The molecule has 0 spiro atoms. The Morgan fingerprint density at radius 1 is 1.07 bits per heavy atom. The third-order valence-electron chi connectivity index (χ3n) is 5.55. The van der Waals surface area contributed by atoms with E-state index in [-0.39, 0.29) is 17.7 Å². The number of piperidine rings is 1. The van der Waals surface area contributed by atoms with Crippen LogP contribution < -0.4 is 5.32 Å². The number of aryl methyl sites for hydroxylation is 1. The van der Waals surface area contributed by atoms with E-state index in [2.05, 4.69) is 10.3 Å². The number of nitrogens with zero attached hydrogens (tertiary/aromatic N) is 1. The van der Waals surface area contributed by atoms with Gasteiger partial charge in [0.25, 0.3) is 0 Å². The van der Waals surface area contributed by atoms with E-state index in [4.69, 9.17) is 0 Å². The highest BCUT2D eigenvalue weighted by atomic mass is 16.2. The number of carbonyl (C=O) groups is 2. The second kappa shape index (κ2) is 7.89. The first kappa shape index (κ1) is 18.3. The molecule has 0 aliphatic carbocycles. The number of carbonyl (C=O) groups excluding carboxylic acids is 2. The van der Waals surface area contributed by atoms with E-state index in [1.54, 1.807) is 0 Å². The number of para-hydroxylation sites is 1. The number of rotatable bonds is 4. The lowest BCUT2D eigenvalue weighted by atomic mass is 9.95. The molecule has 1 saturated heterocycles. The number of likely N-dealkylation sites (tertiary alicyclic amines) is 1. The fourth-order valence-electron chi connectivity index (χ4n) is 3.82. The normalized spacial score (nSPS) is 15.0. The lowest BCUT2D eigenvalue weighted by Gasteiger charge is -2.31. The van der Waals surface area contributed by atoms with Crippen LogP contribution in [0, 0.1) is 12.8 Å². The summed E-state index contributed by atoms with van der Waals surface area (Å²) in [5, 5.41) is 4.09. The Morgan fingerprint density at radius 3 is 2.54 bits per heavy atom. The number of hydrogen-bond acceptors (Lipinski definition) is 2. The zero-order valence-corrected chi connectivity index (χ0v) is 16.1. The van der Waals surface area contributed by atoms with Crippen molar-refractivity contribution < 1.29 is 9.59 Å². The van der Waals surface area contributed by atoms with E-state index in [9.17, 15) is 9.59 Å². The average Bonchev–Trinajstić information content (AvgIpc) is 3.13. The highest BCUT2D eigenvalue weighted by Crippen LogP contribution is 2.22. The molecular formula is C23H25N3O2. The topological polar surface area (TPSA) is 65.2 Å². The Balaban J connectivity index is 1.31. The zero-order valence-electron chi connectivity index (χ0n) is 16.1. The van der Waals surface area contributed by atoms with E-state index >= 15 is 0 Å². The average molecular weight is 375 g/mol. The standard InChI is InChI=1S/C23H25N3O2/c1-16-6-8-19(9-7-16)25-23(28)17-10-12-26(13-11-17)22(27)14-18-15-24-21-5-3-2-4-20(18)21/h2-9,15,17,24H,10-14H2,1H3,(H,25,28). The number of amides is 2. The number of aromatic amines is 1. The van der Waals surface area contributed by atoms with Crippen LogP contribution in [0.3, 0.4) is 0 Å². The number of fused-ring (bicyclic) bond motifs is 1. The first-order chi connectivity index (χ1) is 13.6. The molecule has 1 aromatic heterocycles. The Labute approximate surface area is 164 Å². The van der Waals surface area contributed by atoms with Crippen molar-refractivity contribution in [3.05, 3.63) is 65.9 Å². The summed E-state index contributed by atoms with van der Waals surface area (Å²) in [6.45, 7) is 3.29. The van der Waals surface area contributed by atoms with Gasteiger partial charge >= 0.3 is 0 Å². The van der Waals surface area contributed by atoms with Crippen molar-refractivity contribution in [3.8, 4) is 0 Å². The van der Waals surface area contributed by atoms with Crippen molar-refractivity contribution >= 4 is 28.4 Å². The van der Waals surface area contributed by atoms with Gasteiger partial charge in [-0.3, -0.25) is 9.59 Å². The van der Waals surface area contributed by atoms with Crippen molar-refractivity contribution in [3.63, 3.8) is 0 Å². The van der Waals surface area contributed by atoms with Gasteiger partial charge in [0.2, 0.25) is 11.8 Å². The molecule has 1 fully saturated rings. The Morgan fingerprint density at radius 2 is 1.79 bits per heavy atom. The molecule has 0 radical (unpaired) electrons. The Kier molecular flexibility index (Phi) is 5.15. The van der Waals surface area contributed by atoms with Gasteiger partial charge in [0, 0.05) is 41.8 Å². The molecule has 2 aromatic carbocycles. The fourth-order valence-corrected chi connectivity index (χ4v) is 3.82. The van der Waals surface area contributed by atoms with Gasteiger partial charge < -0.3 is 15.2 Å². The Bertz CT molecular complexity index is 983. The van der Waals surface area contributed by atoms with Crippen LogP contribution in [0.4, 0.5) is 5.69 Å². The summed E-state index contributed by atoms with van der Waals surface area (Å²) in [5.41, 5.74) is 4.07. The molecule has 2 heterocycles. The van der Waals surface area contributed by atoms with Gasteiger partial charge in [0.15, 0.2) is 0 Å². The van der Waals surface area contributed by atoms with Crippen molar-refractivity contribution in [2.45, 2.75) is 26.2 Å². The molecule has 0 unspecified atom stereocenters. The molecule has 5 heteroatoms. The molecule has 3 aromatic rings. The highest BCUT2D eigenvalue weighted by molar-refractivity contribution is 5.93. The van der Waals surface area contributed by atoms with Crippen LogP contribution in [-0.2, 0) is 16.0 Å².